The first kappa shape index (κ1) is 16.5. The van der Waals surface area contributed by atoms with Crippen molar-refractivity contribution in [3.8, 4) is 5.88 Å². The molecule has 1 aliphatic rings. The molecular formula is C19H22N2O3. The lowest BCUT2D eigenvalue weighted by atomic mass is 10.1. The molecular weight excluding hydrogens is 304 g/mol. The van der Waals surface area contributed by atoms with Crippen LogP contribution in [-0.4, -0.2) is 36.8 Å². The van der Waals surface area contributed by atoms with Gasteiger partial charge in [-0.1, -0.05) is 30.3 Å². The van der Waals surface area contributed by atoms with Gasteiger partial charge in [0.05, 0.1) is 11.7 Å². The molecule has 1 atom stereocenters. The van der Waals surface area contributed by atoms with Crippen LogP contribution in [0.3, 0.4) is 0 Å². The third-order valence-electron chi connectivity index (χ3n) is 3.98. The van der Waals surface area contributed by atoms with Gasteiger partial charge < -0.3 is 14.8 Å². The molecule has 1 aromatic heterocycles. The second kappa shape index (κ2) is 8.45. The van der Waals surface area contributed by atoms with Crippen molar-refractivity contribution in [2.75, 3.05) is 19.8 Å². The first-order valence-electron chi connectivity index (χ1n) is 8.34. The Morgan fingerprint density at radius 1 is 1.25 bits per heavy atom. The largest absolute Gasteiger partial charge is 0.475 e. The predicted molar refractivity (Wildman–Crippen MR) is 91.2 cm³/mol. The molecule has 1 amide bonds. The van der Waals surface area contributed by atoms with E-state index in [1.807, 2.05) is 30.3 Å². The summed E-state index contributed by atoms with van der Waals surface area (Å²) in [5.74, 6) is 0.399. The van der Waals surface area contributed by atoms with Gasteiger partial charge in [0.15, 0.2) is 0 Å². The SMILES string of the molecule is O=C(NCCc1ccccc1)c1ccc(OCC2CCCO2)nc1. The number of benzene rings is 1. The summed E-state index contributed by atoms with van der Waals surface area (Å²) in [5.41, 5.74) is 1.74. The van der Waals surface area contributed by atoms with Crippen molar-refractivity contribution in [3.63, 3.8) is 0 Å². The van der Waals surface area contributed by atoms with E-state index < -0.39 is 0 Å². The normalized spacial score (nSPS) is 16.8. The van der Waals surface area contributed by atoms with E-state index in [2.05, 4.69) is 10.3 Å². The van der Waals surface area contributed by atoms with Crippen molar-refractivity contribution in [2.24, 2.45) is 0 Å². The molecule has 2 aromatic rings. The summed E-state index contributed by atoms with van der Waals surface area (Å²) < 4.78 is 11.1. The van der Waals surface area contributed by atoms with Gasteiger partial charge in [-0.25, -0.2) is 4.98 Å². The molecule has 2 heterocycles. The van der Waals surface area contributed by atoms with Crippen LogP contribution in [0.1, 0.15) is 28.8 Å². The Hall–Kier alpha value is -2.40. The molecule has 1 saturated heterocycles. The van der Waals surface area contributed by atoms with Crippen LogP contribution in [0.5, 0.6) is 5.88 Å². The molecule has 1 aliphatic heterocycles. The smallest absolute Gasteiger partial charge is 0.252 e. The van der Waals surface area contributed by atoms with Gasteiger partial charge in [-0.05, 0) is 30.9 Å². The highest BCUT2D eigenvalue weighted by Crippen LogP contribution is 2.14. The molecule has 5 heteroatoms. The predicted octanol–water partition coefficient (Wildman–Crippen LogP) is 2.61. The lowest BCUT2D eigenvalue weighted by molar-refractivity contribution is 0.0663. The molecule has 1 fully saturated rings. The van der Waals surface area contributed by atoms with E-state index in [9.17, 15) is 4.79 Å². The number of carbonyl (C=O) groups excluding carboxylic acids is 1. The average molecular weight is 326 g/mol. The van der Waals surface area contributed by atoms with Crippen molar-refractivity contribution in [3.05, 3.63) is 59.8 Å². The van der Waals surface area contributed by atoms with E-state index >= 15 is 0 Å². The second-order valence-electron chi connectivity index (χ2n) is 5.82. The number of hydrogen-bond acceptors (Lipinski definition) is 4. The van der Waals surface area contributed by atoms with Crippen molar-refractivity contribution in [1.82, 2.24) is 10.3 Å². The quantitative estimate of drug-likeness (QED) is 0.850. The Morgan fingerprint density at radius 3 is 2.83 bits per heavy atom. The summed E-state index contributed by atoms with van der Waals surface area (Å²) in [5, 5.41) is 2.90. The number of carbonyl (C=O) groups is 1. The van der Waals surface area contributed by atoms with Gasteiger partial charge in [0.25, 0.3) is 5.91 Å². The van der Waals surface area contributed by atoms with Crippen LogP contribution in [0.25, 0.3) is 0 Å². The molecule has 1 N–H and O–H groups in total. The van der Waals surface area contributed by atoms with Crippen molar-refractivity contribution in [2.45, 2.75) is 25.4 Å². The summed E-state index contributed by atoms with van der Waals surface area (Å²) in [6.45, 7) is 1.92. The fourth-order valence-corrected chi connectivity index (χ4v) is 2.62. The number of hydrogen-bond donors (Lipinski definition) is 1. The minimum Gasteiger partial charge on any atom is -0.475 e. The molecule has 0 bridgehead atoms. The highest BCUT2D eigenvalue weighted by molar-refractivity contribution is 5.93. The number of amides is 1. The van der Waals surface area contributed by atoms with Crippen LogP contribution in [0.4, 0.5) is 0 Å². The molecule has 24 heavy (non-hydrogen) atoms. The van der Waals surface area contributed by atoms with Crippen molar-refractivity contribution >= 4 is 5.91 Å². The number of pyridine rings is 1. The number of ether oxygens (including phenoxy) is 2. The van der Waals surface area contributed by atoms with Crippen LogP contribution in [-0.2, 0) is 11.2 Å². The minimum atomic E-state index is -0.121. The van der Waals surface area contributed by atoms with Crippen LogP contribution in [0.15, 0.2) is 48.7 Å². The third kappa shape index (κ3) is 4.80. The van der Waals surface area contributed by atoms with E-state index in [0.29, 0.717) is 24.6 Å². The molecule has 0 saturated carbocycles. The molecule has 0 radical (unpaired) electrons. The van der Waals surface area contributed by atoms with Gasteiger partial charge in [-0.15, -0.1) is 0 Å². The van der Waals surface area contributed by atoms with Gasteiger partial charge in [0.1, 0.15) is 6.61 Å². The van der Waals surface area contributed by atoms with E-state index in [1.54, 1.807) is 18.3 Å². The monoisotopic (exact) mass is 326 g/mol. The Bertz CT molecular complexity index is 637. The van der Waals surface area contributed by atoms with Crippen LogP contribution >= 0.6 is 0 Å². The number of nitrogens with one attached hydrogen (secondary N) is 1. The van der Waals surface area contributed by atoms with Crippen LogP contribution in [0, 0.1) is 0 Å². The summed E-state index contributed by atoms with van der Waals surface area (Å²) >= 11 is 0. The van der Waals surface area contributed by atoms with E-state index in [-0.39, 0.29) is 12.0 Å². The number of aromatic nitrogens is 1. The molecule has 126 valence electrons. The van der Waals surface area contributed by atoms with Crippen LogP contribution in [0.2, 0.25) is 0 Å². The van der Waals surface area contributed by atoms with Crippen molar-refractivity contribution in [1.29, 1.82) is 0 Å². The summed E-state index contributed by atoms with van der Waals surface area (Å²) in [7, 11) is 0. The molecule has 0 aliphatic carbocycles. The summed E-state index contributed by atoms with van der Waals surface area (Å²) in [6.07, 6.45) is 4.63. The molecule has 1 unspecified atom stereocenters. The van der Waals surface area contributed by atoms with Gasteiger partial charge >= 0.3 is 0 Å². The topological polar surface area (TPSA) is 60.5 Å². The minimum absolute atomic E-state index is 0.121. The zero-order valence-corrected chi connectivity index (χ0v) is 13.6. The maximum atomic E-state index is 12.1. The molecule has 0 spiro atoms. The Morgan fingerprint density at radius 2 is 2.12 bits per heavy atom. The van der Waals surface area contributed by atoms with E-state index in [0.717, 1.165) is 25.9 Å². The highest BCUT2D eigenvalue weighted by Gasteiger charge is 2.16. The highest BCUT2D eigenvalue weighted by atomic mass is 16.5. The number of rotatable bonds is 7. The fraction of sp³-hybridized carbons (Fsp3) is 0.368. The maximum absolute atomic E-state index is 12.1. The second-order valence-corrected chi connectivity index (χ2v) is 5.82. The van der Waals surface area contributed by atoms with Gasteiger partial charge in [-0.2, -0.15) is 0 Å². The molecule has 3 rings (SSSR count). The first-order valence-corrected chi connectivity index (χ1v) is 8.34. The average Bonchev–Trinajstić information content (AvgIpc) is 3.15. The molecule has 5 nitrogen and oxygen atoms in total. The maximum Gasteiger partial charge on any atom is 0.252 e. The summed E-state index contributed by atoms with van der Waals surface area (Å²) in [4.78, 5) is 16.3. The zero-order chi connectivity index (χ0) is 16.6. The zero-order valence-electron chi connectivity index (χ0n) is 13.6. The van der Waals surface area contributed by atoms with E-state index in [1.165, 1.54) is 5.56 Å². The lowest BCUT2D eigenvalue weighted by Gasteiger charge is -2.11. The fourth-order valence-electron chi connectivity index (χ4n) is 2.62. The summed E-state index contributed by atoms with van der Waals surface area (Å²) in [6, 6.07) is 13.5. The van der Waals surface area contributed by atoms with Gasteiger partial charge in [-0.3, -0.25) is 4.79 Å². The Balaban J connectivity index is 1.43. The Kier molecular flexibility index (Phi) is 5.80. The molecule has 1 aromatic carbocycles. The van der Waals surface area contributed by atoms with Gasteiger partial charge in [0, 0.05) is 25.4 Å². The van der Waals surface area contributed by atoms with E-state index in [4.69, 9.17) is 9.47 Å². The standard InChI is InChI=1S/C19H22N2O3/c22-19(20-11-10-15-5-2-1-3-6-15)16-8-9-18(21-13-16)24-14-17-7-4-12-23-17/h1-3,5-6,8-9,13,17H,4,7,10-12,14H2,(H,20,22). The number of nitrogens with zero attached hydrogens (tertiary/aromatic N) is 1. The van der Waals surface area contributed by atoms with Crippen LogP contribution < -0.4 is 10.1 Å². The van der Waals surface area contributed by atoms with Crippen molar-refractivity contribution < 1.29 is 14.3 Å². The first-order chi connectivity index (χ1) is 11.8. The van der Waals surface area contributed by atoms with Gasteiger partial charge in [0.2, 0.25) is 5.88 Å². The third-order valence-corrected chi connectivity index (χ3v) is 3.98. The Labute approximate surface area is 142 Å². The lowest BCUT2D eigenvalue weighted by Crippen LogP contribution is -2.25.